The summed E-state index contributed by atoms with van der Waals surface area (Å²) in [5.74, 6) is -1.21. The molecular formula is C8H9BrFNO2. The van der Waals surface area contributed by atoms with E-state index in [1.807, 2.05) is 0 Å². The van der Waals surface area contributed by atoms with Crippen LogP contribution >= 0.6 is 15.9 Å². The van der Waals surface area contributed by atoms with Crippen LogP contribution in [-0.4, -0.2) is 16.8 Å². The molecule has 1 atom stereocenters. The van der Waals surface area contributed by atoms with Crippen LogP contribution in [0.25, 0.3) is 0 Å². The molecule has 0 aromatic heterocycles. The Labute approximate surface area is 83.1 Å². The van der Waals surface area contributed by atoms with Crippen LogP contribution < -0.4 is 5.73 Å². The molecule has 0 radical (unpaired) electrons. The van der Waals surface area contributed by atoms with Gasteiger partial charge in [-0.25, -0.2) is 4.39 Å². The minimum Gasteiger partial charge on any atom is -0.504 e. The molecule has 0 aliphatic rings. The van der Waals surface area contributed by atoms with Gasteiger partial charge < -0.3 is 15.9 Å². The molecular weight excluding hydrogens is 241 g/mol. The average Bonchev–Trinajstić information content (AvgIpc) is 2.12. The van der Waals surface area contributed by atoms with Crippen LogP contribution in [0.4, 0.5) is 4.39 Å². The van der Waals surface area contributed by atoms with Gasteiger partial charge in [-0.1, -0.05) is 0 Å². The van der Waals surface area contributed by atoms with E-state index in [0.717, 1.165) is 6.07 Å². The van der Waals surface area contributed by atoms with Crippen molar-refractivity contribution in [3.8, 4) is 5.75 Å². The van der Waals surface area contributed by atoms with Gasteiger partial charge >= 0.3 is 0 Å². The number of phenols is 1. The largest absolute Gasteiger partial charge is 0.504 e. The van der Waals surface area contributed by atoms with Gasteiger partial charge in [-0.15, -0.1) is 0 Å². The van der Waals surface area contributed by atoms with E-state index in [0.29, 0.717) is 5.56 Å². The molecule has 0 fully saturated rings. The molecule has 0 bridgehead atoms. The quantitative estimate of drug-likeness (QED) is 0.740. The first kappa shape index (κ1) is 10.4. The maximum absolute atomic E-state index is 12.9. The van der Waals surface area contributed by atoms with Gasteiger partial charge in [0.15, 0.2) is 11.6 Å². The maximum atomic E-state index is 12.9. The third kappa shape index (κ3) is 2.18. The topological polar surface area (TPSA) is 66.5 Å². The Balaban J connectivity index is 3.13. The summed E-state index contributed by atoms with van der Waals surface area (Å²) >= 11 is 2.97. The van der Waals surface area contributed by atoms with Gasteiger partial charge in [0.1, 0.15) is 0 Å². The molecule has 3 nitrogen and oxygen atoms in total. The predicted octanol–water partition coefficient (Wildman–Crippen LogP) is 1.29. The molecule has 13 heavy (non-hydrogen) atoms. The Kier molecular flexibility index (Phi) is 3.24. The van der Waals surface area contributed by atoms with Crippen molar-refractivity contribution in [1.29, 1.82) is 0 Å². The summed E-state index contributed by atoms with van der Waals surface area (Å²) in [5.41, 5.74) is 5.90. The van der Waals surface area contributed by atoms with E-state index in [2.05, 4.69) is 15.9 Å². The Morgan fingerprint density at radius 1 is 1.54 bits per heavy atom. The summed E-state index contributed by atoms with van der Waals surface area (Å²) in [4.78, 5) is 0. The lowest BCUT2D eigenvalue weighted by Crippen LogP contribution is -2.14. The average molecular weight is 250 g/mol. The maximum Gasteiger partial charge on any atom is 0.166 e. The Morgan fingerprint density at radius 3 is 2.62 bits per heavy atom. The number of hydrogen-bond acceptors (Lipinski definition) is 3. The Bertz CT molecular complexity index is 296. The van der Waals surface area contributed by atoms with E-state index in [4.69, 9.17) is 15.9 Å². The molecule has 1 rings (SSSR count). The first-order valence-electron chi connectivity index (χ1n) is 3.60. The molecule has 0 heterocycles. The second kappa shape index (κ2) is 4.04. The first-order valence-corrected chi connectivity index (χ1v) is 4.40. The predicted molar refractivity (Wildman–Crippen MR) is 49.8 cm³/mol. The lowest BCUT2D eigenvalue weighted by molar-refractivity contribution is 0.267. The van der Waals surface area contributed by atoms with Gasteiger partial charge in [0.05, 0.1) is 17.1 Å². The molecule has 1 unspecified atom stereocenters. The summed E-state index contributed by atoms with van der Waals surface area (Å²) in [6.07, 6.45) is 0. The normalized spacial score (nSPS) is 12.9. The van der Waals surface area contributed by atoms with Crippen LogP contribution in [0.3, 0.4) is 0 Å². The second-order valence-electron chi connectivity index (χ2n) is 2.62. The summed E-state index contributed by atoms with van der Waals surface area (Å²) in [5, 5.41) is 17.8. The number of nitrogens with two attached hydrogens (primary N) is 1. The number of rotatable bonds is 2. The van der Waals surface area contributed by atoms with Crippen LogP contribution in [0.2, 0.25) is 0 Å². The summed E-state index contributed by atoms with van der Waals surface area (Å²) < 4.78 is 13.1. The van der Waals surface area contributed by atoms with E-state index in [1.165, 1.54) is 6.07 Å². The fraction of sp³-hybridized carbons (Fsp3) is 0.250. The van der Waals surface area contributed by atoms with Crippen LogP contribution in [-0.2, 0) is 0 Å². The highest BCUT2D eigenvalue weighted by Crippen LogP contribution is 2.29. The van der Waals surface area contributed by atoms with E-state index in [-0.39, 0.29) is 11.1 Å². The number of halogens is 2. The Hall–Kier alpha value is -0.650. The van der Waals surface area contributed by atoms with Crippen LogP contribution in [0.5, 0.6) is 5.75 Å². The van der Waals surface area contributed by atoms with Gasteiger partial charge in [0, 0.05) is 0 Å². The highest BCUT2D eigenvalue weighted by molar-refractivity contribution is 9.10. The minimum atomic E-state index is -0.756. The SMILES string of the molecule is NC(CO)c1cc(F)c(O)c(Br)c1. The standard InChI is InChI=1S/C8H9BrFNO2/c9-5-1-4(7(11)3-12)2-6(10)8(5)13/h1-2,7,12-13H,3,11H2. The van der Waals surface area contributed by atoms with Crippen molar-refractivity contribution >= 4 is 15.9 Å². The fourth-order valence-corrected chi connectivity index (χ4v) is 1.36. The number of benzene rings is 1. The van der Waals surface area contributed by atoms with Gasteiger partial charge in [0.2, 0.25) is 0 Å². The van der Waals surface area contributed by atoms with Gasteiger partial charge in [-0.05, 0) is 33.6 Å². The molecule has 0 saturated carbocycles. The smallest absolute Gasteiger partial charge is 0.166 e. The zero-order valence-corrected chi connectivity index (χ0v) is 8.25. The molecule has 5 heteroatoms. The van der Waals surface area contributed by atoms with E-state index in [1.54, 1.807) is 0 Å². The fourth-order valence-electron chi connectivity index (χ4n) is 0.905. The van der Waals surface area contributed by atoms with Crippen LogP contribution in [0, 0.1) is 5.82 Å². The van der Waals surface area contributed by atoms with Gasteiger partial charge in [-0.2, -0.15) is 0 Å². The molecule has 0 aliphatic heterocycles. The van der Waals surface area contributed by atoms with Crippen molar-refractivity contribution in [1.82, 2.24) is 0 Å². The van der Waals surface area contributed by atoms with E-state index < -0.39 is 17.6 Å². The molecule has 0 saturated heterocycles. The number of phenolic OH excluding ortho intramolecular Hbond substituents is 1. The third-order valence-electron chi connectivity index (χ3n) is 1.66. The van der Waals surface area contributed by atoms with Crippen molar-refractivity contribution in [3.63, 3.8) is 0 Å². The molecule has 72 valence electrons. The van der Waals surface area contributed by atoms with Crippen LogP contribution in [0.1, 0.15) is 11.6 Å². The highest BCUT2D eigenvalue weighted by atomic mass is 79.9. The Morgan fingerprint density at radius 2 is 2.15 bits per heavy atom. The number of aromatic hydroxyl groups is 1. The molecule has 1 aromatic rings. The zero-order valence-electron chi connectivity index (χ0n) is 6.67. The minimum absolute atomic E-state index is 0.228. The summed E-state index contributed by atoms with van der Waals surface area (Å²) in [6, 6.07) is 1.94. The molecule has 0 spiro atoms. The monoisotopic (exact) mass is 249 g/mol. The van der Waals surface area contributed by atoms with E-state index in [9.17, 15) is 4.39 Å². The summed E-state index contributed by atoms with van der Waals surface area (Å²) in [6.45, 7) is -0.267. The van der Waals surface area contributed by atoms with Crippen molar-refractivity contribution in [2.24, 2.45) is 5.73 Å². The van der Waals surface area contributed by atoms with Crippen molar-refractivity contribution < 1.29 is 14.6 Å². The highest BCUT2D eigenvalue weighted by Gasteiger charge is 2.11. The van der Waals surface area contributed by atoms with Gasteiger partial charge in [-0.3, -0.25) is 0 Å². The van der Waals surface area contributed by atoms with Crippen molar-refractivity contribution in [2.45, 2.75) is 6.04 Å². The molecule has 4 N–H and O–H groups in total. The number of aliphatic hydroxyl groups excluding tert-OH is 1. The van der Waals surface area contributed by atoms with Crippen LogP contribution in [0.15, 0.2) is 16.6 Å². The summed E-state index contributed by atoms with van der Waals surface area (Å²) in [7, 11) is 0. The first-order chi connectivity index (χ1) is 6.06. The van der Waals surface area contributed by atoms with Gasteiger partial charge in [0.25, 0.3) is 0 Å². The third-order valence-corrected chi connectivity index (χ3v) is 2.27. The lowest BCUT2D eigenvalue weighted by Gasteiger charge is -2.09. The molecule has 0 aliphatic carbocycles. The zero-order chi connectivity index (χ0) is 10.0. The molecule has 0 amide bonds. The van der Waals surface area contributed by atoms with Crippen molar-refractivity contribution in [2.75, 3.05) is 6.61 Å². The lowest BCUT2D eigenvalue weighted by atomic mass is 10.1. The second-order valence-corrected chi connectivity index (χ2v) is 3.48. The number of aliphatic hydroxyl groups is 1. The molecule has 1 aromatic carbocycles. The van der Waals surface area contributed by atoms with Crippen molar-refractivity contribution in [3.05, 3.63) is 28.0 Å². The van der Waals surface area contributed by atoms with E-state index >= 15 is 0 Å². The number of hydrogen-bond donors (Lipinski definition) is 3.